The fraction of sp³-hybridized carbons (Fsp3) is 0.448. The summed E-state index contributed by atoms with van der Waals surface area (Å²) in [5.74, 6) is 0.955. The van der Waals surface area contributed by atoms with Gasteiger partial charge in [-0.3, -0.25) is 4.79 Å². The van der Waals surface area contributed by atoms with Gasteiger partial charge in [-0.1, -0.05) is 39.0 Å². The molecule has 4 rings (SSSR count). The highest BCUT2D eigenvalue weighted by molar-refractivity contribution is 7.92. The molecule has 0 saturated heterocycles. The molecule has 1 aromatic heterocycles. The van der Waals surface area contributed by atoms with E-state index in [0.29, 0.717) is 22.6 Å². The zero-order chi connectivity index (χ0) is 30.5. The maximum Gasteiger partial charge on any atom is 0.302 e. The molecule has 12 nitrogen and oxygen atoms in total. The third-order valence-electron chi connectivity index (χ3n) is 6.46. The Hall–Kier alpha value is -3.81. The van der Waals surface area contributed by atoms with Gasteiger partial charge in [-0.25, -0.2) is 17.4 Å². The molecule has 0 fully saturated rings. The number of aryl methyl sites for hydroxylation is 1. The van der Waals surface area contributed by atoms with Gasteiger partial charge in [-0.05, 0) is 40.8 Å². The Morgan fingerprint density at radius 3 is 2.40 bits per heavy atom. The molecule has 2 heterocycles. The second-order valence-electron chi connectivity index (χ2n) is 10.5. The van der Waals surface area contributed by atoms with Crippen molar-refractivity contribution in [3.8, 4) is 28.5 Å². The molecule has 0 spiro atoms. The monoisotopic (exact) mass is 603 g/mol. The Bertz CT molecular complexity index is 1500. The van der Waals surface area contributed by atoms with Gasteiger partial charge < -0.3 is 28.4 Å². The van der Waals surface area contributed by atoms with Crippen LogP contribution in [0.5, 0.6) is 17.4 Å². The molecule has 42 heavy (non-hydrogen) atoms. The predicted molar refractivity (Wildman–Crippen MR) is 154 cm³/mol. The van der Waals surface area contributed by atoms with E-state index in [1.807, 2.05) is 12.1 Å². The molecule has 0 radical (unpaired) electrons. The molecule has 228 valence electrons. The first-order valence-electron chi connectivity index (χ1n) is 13.4. The number of nitrogens with zero attached hydrogens (tertiary/aromatic N) is 3. The number of carbonyl (C=O) groups excluding carboxylic acids is 1. The van der Waals surface area contributed by atoms with Gasteiger partial charge in [0.05, 0.1) is 23.7 Å². The van der Waals surface area contributed by atoms with Crippen LogP contribution in [-0.2, 0) is 41.5 Å². The Balaban J connectivity index is 1.83. The summed E-state index contributed by atoms with van der Waals surface area (Å²) in [5.41, 5.74) is 1.79. The molecule has 3 aromatic rings. The van der Waals surface area contributed by atoms with E-state index in [0.717, 1.165) is 9.87 Å². The van der Waals surface area contributed by atoms with Crippen molar-refractivity contribution in [2.45, 2.75) is 38.0 Å². The first kappa shape index (κ1) is 31.1. The van der Waals surface area contributed by atoms with Crippen LogP contribution in [-0.4, -0.2) is 71.2 Å². The summed E-state index contributed by atoms with van der Waals surface area (Å²) in [7, 11) is -1.01. The summed E-state index contributed by atoms with van der Waals surface area (Å²) in [6.07, 6.45) is 0. The molecular weight excluding hydrogens is 566 g/mol. The lowest BCUT2D eigenvalue weighted by atomic mass is 9.87. The summed E-state index contributed by atoms with van der Waals surface area (Å²) >= 11 is 0. The van der Waals surface area contributed by atoms with E-state index in [2.05, 4.69) is 25.9 Å². The molecule has 2 aromatic carbocycles. The van der Waals surface area contributed by atoms with Crippen molar-refractivity contribution in [2.75, 3.05) is 51.4 Å². The molecule has 0 atom stereocenters. The Labute approximate surface area is 246 Å². The van der Waals surface area contributed by atoms with Gasteiger partial charge in [0.1, 0.15) is 19.9 Å². The number of benzene rings is 2. The van der Waals surface area contributed by atoms with Crippen LogP contribution in [0.25, 0.3) is 11.1 Å². The first-order valence-corrected chi connectivity index (χ1v) is 14.8. The summed E-state index contributed by atoms with van der Waals surface area (Å²) in [5, 5.41) is 4.51. The smallest absolute Gasteiger partial charge is 0.302 e. The zero-order valence-corrected chi connectivity index (χ0v) is 25.5. The molecular formula is C29H37N3O9S. The number of rotatable bonds is 13. The van der Waals surface area contributed by atoms with Crippen molar-refractivity contribution in [3.05, 3.63) is 48.0 Å². The SMILES string of the molecule is COCCOCN(c1c(-c2ccc3c(c2)OCO3)c(OCCOC(C)=O)nn1C)S(=O)(=O)c1ccc(C(C)(C)C)cc1. The van der Waals surface area contributed by atoms with Crippen LogP contribution in [0, 0.1) is 0 Å². The summed E-state index contributed by atoms with van der Waals surface area (Å²) < 4.78 is 63.9. The van der Waals surface area contributed by atoms with E-state index < -0.39 is 16.0 Å². The second-order valence-corrected chi connectivity index (χ2v) is 12.4. The molecule has 0 N–H and O–H groups in total. The van der Waals surface area contributed by atoms with E-state index in [-0.39, 0.29) is 62.0 Å². The number of carbonyl (C=O) groups is 1. The average Bonchev–Trinajstić information content (AvgIpc) is 3.54. The Morgan fingerprint density at radius 1 is 1.02 bits per heavy atom. The number of hydrogen-bond acceptors (Lipinski definition) is 10. The van der Waals surface area contributed by atoms with Gasteiger partial charge >= 0.3 is 5.97 Å². The van der Waals surface area contributed by atoms with Crippen LogP contribution >= 0.6 is 0 Å². The lowest BCUT2D eigenvalue weighted by Crippen LogP contribution is -2.35. The quantitative estimate of drug-likeness (QED) is 0.161. The number of ether oxygens (including phenoxy) is 6. The third-order valence-corrected chi connectivity index (χ3v) is 8.18. The highest BCUT2D eigenvalue weighted by atomic mass is 32.2. The van der Waals surface area contributed by atoms with Crippen molar-refractivity contribution in [1.82, 2.24) is 9.78 Å². The van der Waals surface area contributed by atoms with Gasteiger partial charge in [0.2, 0.25) is 12.7 Å². The highest BCUT2D eigenvalue weighted by Gasteiger charge is 2.34. The molecule has 1 aliphatic rings. The minimum atomic E-state index is -4.17. The molecule has 0 amide bonds. The van der Waals surface area contributed by atoms with E-state index in [9.17, 15) is 13.2 Å². The topological polar surface area (TPSA) is 128 Å². The summed E-state index contributed by atoms with van der Waals surface area (Å²) in [6, 6.07) is 12.0. The largest absolute Gasteiger partial charge is 0.472 e. The highest BCUT2D eigenvalue weighted by Crippen LogP contribution is 2.44. The number of fused-ring (bicyclic) bond motifs is 1. The number of esters is 1. The van der Waals surface area contributed by atoms with E-state index in [4.69, 9.17) is 28.4 Å². The van der Waals surface area contributed by atoms with Crippen LogP contribution in [0.15, 0.2) is 47.4 Å². The number of sulfonamides is 1. The minimum Gasteiger partial charge on any atom is -0.472 e. The van der Waals surface area contributed by atoms with Gasteiger partial charge in [-0.2, -0.15) is 0 Å². The second kappa shape index (κ2) is 13.0. The third kappa shape index (κ3) is 6.97. The number of aromatic nitrogens is 2. The van der Waals surface area contributed by atoms with Crippen LogP contribution in [0.1, 0.15) is 33.3 Å². The fourth-order valence-corrected chi connectivity index (χ4v) is 5.68. The first-order chi connectivity index (χ1) is 19.9. The maximum absolute atomic E-state index is 14.3. The number of anilines is 1. The molecule has 13 heteroatoms. The normalized spacial score (nSPS) is 12.8. The number of hydrogen-bond donors (Lipinski definition) is 0. The van der Waals surface area contributed by atoms with Crippen molar-refractivity contribution in [2.24, 2.45) is 7.05 Å². The van der Waals surface area contributed by atoms with Gasteiger partial charge in [0.25, 0.3) is 10.0 Å². The van der Waals surface area contributed by atoms with Crippen molar-refractivity contribution < 1.29 is 41.6 Å². The van der Waals surface area contributed by atoms with Gasteiger partial charge in [0.15, 0.2) is 17.3 Å². The minimum absolute atomic E-state index is 0.00105. The van der Waals surface area contributed by atoms with Crippen LogP contribution < -0.4 is 18.5 Å². The Kier molecular flexibility index (Phi) is 9.64. The van der Waals surface area contributed by atoms with Crippen molar-refractivity contribution in [3.63, 3.8) is 0 Å². The maximum atomic E-state index is 14.3. The lowest BCUT2D eigenvalue weighted by molar-refractivity contribution is -0.141. The summed E-state index contributed by atoms with van der Waals surface area (Å²) in [4.78, 5) is 11.3. The molecule has 0 aliphatic carbocycles. The van der Waals surface area contributed by atoms with Crippen molar-refractivity contribution in [1.29, 1.82) is 0 Å². The van der Waals surface area contributed by atoms with Crippen LogP contribution in [0.3, 0.4) is 0 Å². The molecule has 0 saturated carbocycles. The average molecular weight is 604 g/mol. The van der Waals surface area contributed by atoms with Gasteiger partial charge in [-0.15, -0.1) is 5.10 Å². The lowest BCUT2D eigenvalue weighted by Gasteiger charge is -2.26. The van der Waals surface area contributed by atoms with E-state index in [1.165, 1.54) is 18.7 Å². The Morgan fingerprint density at radius 2 is 1.74 bits per heavy atom. The fourth-order valence-electron chi connectivity index (χ4n) is 4.29. The van der Waals surface area contributed by atoms with E-state index >= 15 is 0 Å². The van der Waals surface area contributed by atoms with E-state index in [1.54, 1.807) is 37.4 Å². The zero-order valence-electron chi connectivity index (χ0n) is 24.7. The molecule has 1 aliphatic heterocycles. The predicted octanol–water partition coefficient (Wildman–Crippen LogP) is 3.87. The standard InChI is InChI=1S/C29H37N3O9S/c1-20(33)38-15-16-39-27-26(21-7-12-24-25(17-21)41-19-40-24)28(31(5)30-27)32(18-37-14-13-36-6)42(34,35)23-10-8-22(9-11-23)29(2,3)4/h7-12,17H,13-16,18-19H2,1-6H3. The molecule has 0 bridgehead atoms. The molecule has 0 unspecified atom stereocenters. The van der Waals surface area contributed by atoms with Crippen molar-refractivity contribution >= 4 is 21.8 Å². The van der Waals surface area contributed by atoms with Crippen LogP contribution in [0.2, 0.25) is 0 Å². The number of methoxy groups -OCH3 is 1. The van der Waals surface area contributed by atoms with Crippen LogP contribution in [0.4, 0.5) is 5.82 Å². The van der Waals surface area contributed by atoms with Gasteiger partial charge in [0, 0.05) is 21.1 Å². The summed E-state index contributed by atoms with van der Waals surface area (Å²) in [6.45, 7) is 7.65.